The van der Waals surface area contributed by atoms with Gasteiger partial charge in [0.25, 0.3) is 11.8 Å². The van der Waals surface area contributed by atoms with Gasteiger partial charge in [-0.05, 0) is 94.0 Å². The van der Waals surface area contributed by atoms with E-state index in [2.05, 4.69) is 36.9 Å². The molecule has 2 aliphatic rings. The van der Waals surface area contributed by atoms with Gasteiger partial charge < -0.3 is 50.3 Å². The summed E-state index contributed by atoms with van der Waals surface area (Å²) in [5.41, 5.74) is -0.210. The Kier molecular flexibility index (Phi) is 19.6. The number of unbranched alkanes of at least 4 members (excludes halogenated alkanes) is 2. The lowest BCUT2D eigenvalue weighted by Gasteiger charge is -2.39. The number of halogens is 2. The summed E-state index contributed by atoms with van der Waals surface area (Å²) in [5.74, 6) is 0.517. The molecular weight excluding hydrogens is 831 g/mol. The molecule has 0 spiro atoms. The summed E-state index contributed by atoms with van der Waals surface area (Å²) in [6.07, 6.45) is 8.10. The number of hydrogen-bond acceptors (Lipinski definition) is 11. The number of hydrogen-bond donors (Lipinski definition) is 5. The van der Waals surface area contributed by atoms with Gasteiger partial charge in [-0.2, -0.15) is 0 Å². The van der Waals surface area contributed by atoms with E-state index in [9.17, 15) is 19.2 Å². The minimum atomic E-state index is -0.823. The van der Waals surface area contributed by atoms with Gasteiger partial charge in [0.15, 0.2) is 13.2 Å². The molecule has 2 aromatic carbocycles. The molecule has 61 heavy (non-hydrogen) atoms. The number of ether oxygens (including phenoxy) is 5. The van der Waals surface area contributed by atoms with Gasteiger partial charge in [0, 0.05) is 35.1 Å². The molecule has 2 heterocycles. The van der Waals surface area contributed by atoms with Crippen LogP contribution >= 0.6 is 23.2 Å². The topological polar surface area (TPSA) is 205 Å². The molecule has 3 aromatic rings. The maximum atomic E-state index is 13.3. The smallest absolute Gasteiger partial charge is 0.315 e. The molecule has 334 valence electrons. The molecule has 1 aliphatic carbocycles. The Hall–Kier alpha value is -4.68. The van der Waals surface area contributed by atoms with E-state index in [1.165, 1.54) is 0 Å². The van der Waals surface area contributed by atoms with Crippen molar-refractivity contribution in [1.82, 2.24) is 41.6 Å². The molecule has 1 aromatic heterocycles. The fourth-order valence-electron chi connectivity index (χ4n) is 7.10. The highest BCUT2D eigenvalue weighted by Gasteiger charge is 2.41. The fourth-order valence-corrected chi connectivity index (χ4v) is 7.35. The zero-order chi connectivity index (χ0) is 43.3. The molecule has 0 bridgehead atoms. The first-order valence-electron chi connectivity index (χ1n) is 20.9. The Morgan fingerprint density at radius 2 is 1.39 bits per heavy atom. The number of urea groups is 1. The van der Waals surface area contributed by atoms with Crippen molar-refractivity contribution < 1.29 is 42.9 Å². The molecule has 0 radical (unpaired) electrons. The van der Waals surface area contributed by atoms with E-state index < -0.39 is 5.54 Å². The first kappa shape index (κ1) is 47.4. The molecular formula is C42H58Cl2N8O9. The summed E-state index contributed by atoms with van der Waals surface area (Å²) >= 11 is 11.9. The maximum absolute atomic E-state index is 13.3. The summed E-state index contributed by atoms with van der Waals surface area (Å²) in [5, 5.41) is 24.8. The Morgan fingerprint density at radius 3 is 2.02 bits per heavy atom. The van der Waals surface area contributed by atoms with Crippen LogP contribution in [0.4, 0.5) is 4.79 Å². The minimum Gasteiger partial charge on any atom is -0.484 e. The van der Waals surface area contributed by atoms with E-state index in [1.54, 1.807) is 53.2 Å². The van der Waals surface area contributed by atoms with Crippen LogP contribution in [0.3, 0.4) is 0 Å². The van der Waals surface area contributed by atoms with Gasteiger partial charge in [-0.15, -0.1) is 5.10 Å². The molecule has 19 heteroatoms. The Morgan fingerprint density at radius 1 is 0.787 bits per heavy atom. The average Bonchev–Trinajstić information content (AvgIpc) is 3.86. The minimum absolute atomic E-state index is 0.00844. The monoisotopic (exact) mass is 888 g/mol. The molecule has 0 unspecified atom stereocenters. The van der Waals surface area contributed by atoms with Crippen LogP contribution in [0, 0.1) is 0 Å². The van der Waals surface area contributed by atoms with Crippen LogP contribution in [0.2, 0.25) is 10.0 Å². The van der Waals surface area contributed by atoms with Crippen LogP contribution in [-0.4, -0.2) is 116 Å². The van der Waals surface area contributed by atoms with E-state index in [-0.39, 0.29) is 55.1 Å². The SMILES string of the molecule is C[C@@H]1NC(=O)N[C@@H]1CCCCCC(=O)NCCOCCOCCOCCn1cc([C@]2(NC(=O)COc3ccc(Cl)cc3)CC[C@H](NC(=O)COc3ccc(Cl)cc3)CC2)nn1. The van der Waals surface area contributed by atoms with Crippen molar-refractivity contribution in [2.45, 2.75) is 94.9 Å². The van der Waals surface area contributed by atoms with Crippen LogP contribution in [0.25, 0.3) is 0 Å². The van der Waals surface area contributed by atoms with Crippen molar-refractivity contribution >= 4 is 47.0 Å². The third-order valence-electron chi connectivity index (χ3n) is 10.5. The summed E-state index contributed by atoms with van der Waals surface area (Å²) < 4.78 is 29.9. The number of carbonyl (C=O) groups is 4. The van der Waals surface area contributed by atoms with E-state index in [0.717, 1.165) is 25.7 Å². The van der Waals surface area contributed by atoms with Gasteiger partial charge in [-0.25, -0.2) is 9.48 Å². The lowest BCUT2D eigenvalue weighted by molar-refractivity contribution is -0.127. The standard InChI is InChI=1S/C42H58Cl2N8O9/c1-30-36(48-41(56)46-30)5-3-2-4-6-38(53)45-19-21-57-23-25-59-26-24-58-22-20-52-27-37(50-51-52)42(49-40(55)29-61-35-13-9-32(44)10-14-35)17-15-33(16-18-42)47-39(54)28-60-34-11-7-31(43)8-12-34/h7-14,27,30,33,36H,2-6,15-26,28-29H2,1H3,(H,45,53)(H,47,54)(H,49,55)(H2,46,48,56)/t30-,33-,36+,42-/m0/s1. The van der Waals surface area contributed by atoms with Crippen LogP contribution in [0.1, 0.15) is 70.4 Å². The van der Waals surface area contributed by atoms with E-state index >= 15 is 0 Å². The molecule has 5 rings (SSSR count). The van der Waals surface area contributed by atoms with Crippen LogP contribution in [-0.2, 0) is 40.7 Å². The third kappa shape index (κ3) is 17.0. The lowest BCUT2D eigenvalue weighted by Crippen LogP contribution is -2.52. The lowest BCUT2D eigenvalue weighted by atomic mass is 9.77. The normalized spacial score (nSPS) is 19.7. The van der Waals surface area contributed by atoms with Crippen molar-refractivity contribution in [3.05, 3.63) is 70.5 Å². The van der Waals surface area contributed by atoms with Crippen LogP contribution < -0.4 is 36.1 Å². The second-order valence-electron chi connectivity index (χ2n) is 15.1. The fraction of sp³-hybridized carbons (Fsp3) is 0.571. The first-order chi connectivity index (χ1) is 29.6. The molecule has 1 aliphatic heterocycles. The van der Waals surface area contributed by atoms with Gasteiger partial charge in [-0.1, -0.05) is 41.3 Å². The maximum Gasteiger partial charge on any atom is 0.315 e. The third-order valence-corrected chi connectivity index (χ3v) is 11.0. The van der Waals surface area contributed by atoms with Crippen LogP contribution in [0.5, 0.6) is 11.5 Å². The first-order valence-corrected chi connectivity index (χ1v) is 21.7. The zero-order valence-corrected chi connectivity index (χ0v) is 36.1. The van der Waals surface area contributed by atoms with Gasteiger partial charge in [0.2, 0.25) is 5.91 Å². The summed E-state index contributed by atoms with van der Waals surface area (Å²) in [7, 11) is 0. The Balaban J connectivity index is 0.945. The van der Waals surface area contributed by atoms with Crippen molar-refractivity contribution in [2.75, 3.05) is 59.4 Å². The highest BCUT2D eigenvalue weighted by atomic mass is 35.5. The highest BCUT2D eigenvalue weighted by molar-refractivity contribution is 6.30. The molecule has 17 nitrogen and oxygen atoms in total. The summed E-state index contributed by atoms with van der Waals surface area (Å²) in [4.78, 5) is 49.4. The molecule has 5 N–H and O–H groups in total. The number of nitrogens with one attached hydrogen (secondary N) is 5. The zero-order valence-electron chi connectivity index (χ0n) is 34.6. The second-order valence-corrected chi connectivity index (χ2v) is 16.0. The van der Waals surface area contributed by atoms with Crippen molar-refractivity contribution in [1.29, 1.82) is 0 Å². The summed E-state index contributed by atoms with van der Waals surface area (Å²) in [6, 6.07) is 13.6. The van der Waals surface area contributed by atoms with Gasteiger partial charge in [0.1, 0.15) is 17.2 Å². The molecule has 2 atom stereocenters. The van der Waals surface area contributed by atoms with Crippen LogP contribution in [0.15, 0.2) is 54.7 Å². The number of amides is 5. The Labute approximate surface area is 366 Å². The van der Waals surface area contributed by atoms with E-state index in [0.29, 0.717) is 112 Å². The summed E-state index contributed by atoms with van der Waals surface area (Å²) in [6.45, 7) is 4.89. The number of benzene rings is 2. The van der Waals surface area contributed by atoms with E-state index in [1.807, 2.05) is 13.1 Å². The van der Waals surface area contributed by atoms with Crippen molar-refractivity contribution in [3.8, 4) is 11.5 Å². The molecule has 1 saturated heterocycles. The van der Waals surface area contributed by atoms with Gasteiger partial charge in [0.05, 0.1) is 64.0 Å². The number of nitrogens with zero attached hydrogens (tertiary/aromatic N) is 3. The van der Waals surface area contributed by atoms with Gasteiger partial charge in [-0.3, -0.25) is 14.4 Å². The largest absolute Gasteiger partial charge is 0.484 e. The predicted molar refractivity (Wildman–Crippen MR) is 228 cm³/mol. The molecule has 2 fully saturated rings. The van der Waals surface area contributed by atoms with E-state index in [4.69, 9.17) is 46.9 Å². The predicted octanol–water partition coefficient (Wildman–Crippen LogP) is 4.30. The number of aromatic nitrogens is 3. The number of rotatable bonds is 27. The highest BCUT2D eigenvalue weighted by Crippen LogP contribution is 2.36. The average molecular weight is 890 g/mol. The molecule has 5 amide bonds. The quantitative estimate of drug-likeness (QED) is 0.0683. The Bertz CT molecular complexity index is 1810. The second kappa shape index (κ2) is 25.3. The number of carbonyl (C=O) groups excluding carboxylic acids is 4. The van der Waals surface area contributed by atoms with Crippen molar-refractivity contribution in [2.24, 2.45) is 0 Å². The molecule has 1 saturated carbocycles. The van der Waals surface area contributed by atoms with Gasteiger partial charge >= 0.3 is 6.03 Å². The van der Waals surface area contributed by atoms with Crippen molar-refractivity contribution in [3.63, 3.8) is 0 Å².